The van der Waals surface area contributed by atoms with Gasteiger partial charge in [0.25, 0.3) is 0 Å². The lowest BCUT2D eigenvalue weighted by Crippen LogP contribution is -2.07. The van der Waals surface area contributed by atoms with Gasteiger partial charge in [0.15, 0.2) is 0 Å². The van der Waals surface area contributed by atoms with E-state index in [1.165, 1.54) is 16.9 Å². The van der Waals surface area contributed by atoms with Crippen molar-refractivity contribution in [3.05, 3.63) is 48.0 Å². The van der Waals surface area contributed by atoms with Crippen LogP contribution in [0.3, 0.4) is 0 Å². The van der Waals surface area contributed by atoms with Crippen molar-refractivity contribution in [3.8, 4) is 5.69 Å². The molecule has 2 rings (SSSR count). The molecule has 3 heteroatoms. The lowest BCUT2D eigenvalue weighted by atomic mass is 10.00. The molecule has 0 aliphatic carbocycles. The van der Waals surface area contributed by atoms with E-state index < -0.39 is 0 Å². The predicted octanol–water partition coefficient (Wildman–Crippen LogP) is 3.50. The van der Waals surface area contributed by atoms with Crippen LogP contribution in [0.1, 0.15) is 43.9 Å². The summed E-state index contributed by atoms with van der Waals surface area (Å²) in [6, 6.07) is 8.63. The molecule has 0 aliphatic heterocycles. The van der Waals surface area contributed by atoms with Crippen LogP contribution < -0.4 is 5.32 Å². The Morgan fingerprint density at radius 3 is 2.74 bits per heavy atom. The molecule has 0 aliphatic rings. The van der Waals surface area contributed by atoms with Gasteiger partial charge in [0, 0.05) is 30.0 Å². The standard InChI is InChI=1S/C16H23N3/c1-4-14(5-2)16-11-18-12-19(16)15-8-6-7-13(9-15)10-17-3/h6-9,11-12,14,17H,4-5,10H2,1-3H3. The number of nitrogens with one attached hydrogen (secondary N) is 1. The summed E-state index contributed by atoms with van der Waals surface area (Å²) in [7, 11) is 1.97. The van der Waals surface area contributed by atoms with Crippen LogP contribution in [0.2, 0.25) is 0 Å². The van der Waals surface area contributed by atoms with Gasteiger partial charge in [-0.15, -0.1) is 0 Å². The normalized spacial score (nSPS) is 11.2. The van der Waals surface area contributed by atoms with Crippen LogP contribution in [0.15, 0.2) is 36.8 Å². The quantitative estimate of drug-likeness (QED) is 0.858. The van der Waals surface area contributed by atoms with Gasteiger partial charge in [-0.2, -0.15) is 0 Å². The van der Waals surface area contributed by atoms with Gasteiger partial charge in [0.1, 0.15) is 0 Å². The Balaban J connectivity index is 2.36. The van der Waals surface area contributed by atoms with Gasteiger partial charge in [-0.25, -0.2) is 4.98 Å². The van der Waals surface area contributed by atoms with Crippen molar-refractivity contribution in [2.24, 2.45) is 0 Å². The van der Waals surface area contributed by atoms with Gasteiger partial charge in [0.05, 0.1) is 6.33 Å². The molecule has 0 saturated heterocycles. The molecular formula is C16H23N3. The summed E-state index contributed by atoms with van der Waals surface area (Å²) in [6.07, 6.45) is 6.23. The monoisotopic (exact) mass is 257 g/mol. The van der Waals surface area contributed by atoms with Crippen molar-refractivity contribution < 1.29 is 0 Å². The summed E-state index contributed by atoms with van der Waals surface area (Å²) in [6.45, 7) is 5.37. The van der Waals surface area contributed by atoms with Gasteiger partial charge in [0.2, 0.25) is 0 Å². The highest BCUT2D eigenvalue weighted by Crippen LogP contribution is 2.25. The smallest absolute Gasteiger partial charge is 0.0994 e. The first-order valence-electron chi connectivity index (χ1n) is 7.06. The Morgan fingerprint density at radius 1 is 1.26 bits per heavy atom. The average molecular weight is 257 g/mol. The summed E-state index contributed by atoms with van der Waals surface area (Å²) in [5.41, 5.74) is 3.81. The fourth-order valence-corrected chi connectivity index (χ4v) is 2.55. The van der Waals surface area contributed by atoms with Gasteiger partial charge < -0.3 is 9.88 Å². The highest BCUT2D eigenvalue weighted by Gasteiger charge is 2.13. The highest BCUT2D eigenvalue weighted by molar-refractivity contribution is 5.38. The molecule has 0 unspecified atom stereocenters. The van der Waals surface area contributed by atoms with Crippen molar-refractivity contribution in [2.45, 2.75) is 39.2 Å². The van der Waals surface area contributed by atoms with Crippen LogP contribution >= 0.6 is 0 Å². The number of hydrogen-bond donors (Lipinski definition) is 1. The summed E-state index contributed by atoms with van der Waals surface area (Å²) in [5.74, 6) is 0.579. The molecule has 3 nitrogen and oxygen atoms in total. The molecule has 0 bridgehead atoms. The first-order valence-corrected chi connectivity index (χ1v) is 7.06. The fraction of sp³-hybridized carbons (Fsp3) is 0.438. The minimum absolute atomic E-state index is 0.579. The second kappa shape index (κ2) is 6.53. The average Bonchev–Trinajstić information content (AvgIpc) is 2.90. The fourth-order valence-electron chi connectivity index (χ4n) is 2.55. The van der Waals surface area contributed by atoms with E-state index in [-0.39, 0.29) is 0 Å². The molecule has 0 spiro atoms. The third-order valence-corrected chi connectivity index (χ3v) is 3.64. The first kappa shape index (κ1) is 13.8. The number of rotatable bonds is 6. The summed E-state index contributed by atoms with van der Waals surface area (Å²) in [4.78, 5) is 4.34. The van der Waals surface area contributed by atoms with Gasteiger partial charge in [-0.1, -0.05) is 26.0 Å². The number of imidazole rings is 1. The zero-order valence-corrected chi connectivity index (χ0v) is 12.1. The first-order chi connectivity index (χ1) is 9.30. The number of nitrogens with zero attached hydrogens (tertiary/aromatic N) is 2. The Hall–Kier alpha value is -1.61. The van der Waals surface area contributed by atoms with E-state index in [9.17, 15) is 0 Å². The number of aromatic nitrogens is 2. The van der Waals surface area contributed by atoms with Crippen LogP contribution in [-0.4, -0.2) is 16.6 Å². The highest BCUT2D eigenvalue weighted by atomic mass is 15.1. The van der Waals surface area contributed by atoms with E-state index in [2.05, 4.69) is 53.0 Å². The molecule has 1 aromatic carbocycles. The van der Waals surface area contributed by atoms with Crippen molar-refractivity contribution in [1.29, 1.82) is 0 Å². The van der Waals surface area contributed by atoms with E-state index in [4.69, 9.17) is 0 Å². The zero-order chi connectivity index (χ0) is 13.7. The summed E-state index contributed by atoms with van der Waals surface area (Å²) < 4.78 is 2.22. The van der Waals surface area contributed by atoms with Crippen molar-refractivity contribution in [3.63, 3.8) is 0 Å². The summed E-state index contributed by atoms with van der Waals surface area (Å²) in [5, 5.41) is 3.19. The molecule has 0 atom stereocenters. The minimum atomic E-state index is 0.579. The maximum atomic E-state index is 4.34. The van der Waals surface area contributed by atoms with Crippen molar-refractivity contribution in [2.75, 3.05) is 7.05 Å². The van der Waals surface area contributed by atoms with E-state index in [1.807, 2.05) is 19.6 Å². The number of hydrogen-bond acceptors (Lipinski definition) is 2. The van der Waals surface area contributed by atoms with E-state index in [1.54, 1.807) is 0 Å². The second-order valence-corrected chi connectivity index (χ2v) is 4.90. The molecule has 0 fully saturated rings. The van der Waals surface area contributed by atoms with Crippen LogP contribution in [0, 0.1) is 0 Å². The van der Waals surface area contributed by atoms with E-state index >= 15 is 0 Å². The molecular weight excluding hydrogens is 234 g/mol. The Morgan fingerprint density at radius 2 is 2.05 bits per heavy atom. The van der Waals surface area contributed by atoms with Gasteiger partial charge >= 0.3 is 0 Å². The van der Waals surface area contributed by atoms with Crippen LogP contribution in [0.4, 0.5) is 0 Å². The zero-order valence-electron chi connectivity index (χ0n) is 12.1. The molecule has 0 saturated carbocycles. The van der Waals surface area contributed by atoms with Crippen LogP contribution in [0.5, 0.6) is 0 Å². The van der Waals surface area contributed by atoms with E-state index in [0.29, 0.717) is 5.92 Å². The van der Waals surface area contributed by atoms with Crippen LogP contribution in [0.25, 0.3) is 5.69 Å². The molecule has 2 aromatic rings. The maximum Gasteiger partial charge on any atom is 0.0994 e. The molecule has 1 N–H and O–H groups in total. The predicted molar refractivity (Wildman–Crippen MR) is 79.7 cm³/mol. The second-order valence-electron chi connectivity index (χ2n) is 4.90. The van der Waals surface area contributed by atoms with Crippen molar-refractivity contribution in [1.82, 2.24) is 14.9 Å². The Bertz CT molecular complexity index is 512. The number of benzene rings is 1. The lowest BCUT2D eigenvalue weighted by molar-refractivity contribution is 0.611. The molecule has 0 amide bonds. The molecule has 0 radical (unpaired) electrons. The lowest BCUT2D eigenvalue weighted by Gasteiger charge is -2.16. The van der Waals surface area contributed by atoms with Gasteiger partial charge in [-0.3, -0.25) is 0 Å². The Kier molecular flexibility index (Phi) is 4.74. The van der Waals surface area contributed by atoms with Crippen LogP contribution in [-0.2, 0) is 6.54 Å². The molecule has 1 aromatic heterocycles. The topological polar surface area (TPSA) is 29.9 Å². The summed E-state index contributed by atoms with van der Waals surface area (Å²) >= 11 is 0. The maximum absolute atomic E-state index is 4.34. The SMILES string of the molecule is CCC(CC)c1cncn1-c1cccc(CNC)c1. The van der Waals surface area contributed by atoms with Gasteiger partial charge in [-0.05, 0) is 37.6 Å². The third kappa shape index (κ3) is 3.04. The van der Waals surface area contributed by atoms with Crippen molar-refractivity contribution >= 4 is 0 Å². The molecule has 102 valence electrons. The minimum Gasteiger partial charge on any atom is -0.316 e. The van der Waals surface area contributed by atoms with E-state index in [0.717, 1.165) is 19.4 Å². The third-order valence-electron chi connectivity index (χ3n) is 3.64. The Labute approximate surface area is 115 Å². The molecule has 19 heavy (non-hydrogen) atoms. The molecule has 1 heterocycles. The largest absolute Gasteiger partial charge is 0.316 e.